The van der Waals surface area contributed by atoms with E-state index in [1.54, 1.807) is 6.08 Å². The van der Waals surface area contributed by atoms with E-state index in [0.29, 0.717) is 12.8 Å². The normalized spacial score (nSPS) is 31.5. The first-order valence-electron chi connectivity index (χ1n) is 18.7. The molecule has 2 fully saturated rings. The van der Waals surface area contributed by atoms with Gasteiger partial charge >= 0.3 is 0 Å². The molecule has 0 aromatic heterocycles. The first-order valence-corrected chi connectivity index (χ1v) is 18.7. The van der Waals surface area contributed by atoms with E-state index in [-0.39, 0.29) is 18.9 Å². The zero-order valence-corrected chi connectivity index (χ0v) is 30.3. The molecule has 1 amide bonds. The minimum atomic E-state index is -1.79. The Labute approximate surface area is 302 Å². The van der Waals surface area contributed by atoms with E-state index in [4.69, 9.17) is 18.9 Å². The maximum absolute atomic E-state index is 12.7. The van der Waals surface area contributed by atoms with Crippen LogP contribution in [0.25, 0.3) is 0 Å². The van der Waals surface area contributed by atoms with E-state index < -0.39 is 86.8 Å². The van der Waals surface area contributed by atoms with Gasteiger partial charge in [0.05, 0.1) is 32.0 Å². The highest BCUT2D eigenvalue weighted by Crippen LogP contribution is 2.29. The van der Waals surface area contributed by atoms with Crippen LogP contribution in [0.2, 0.25) is 0 Å². The third-order valence-corrected chi connectivity index (χ3v) is 9.06. The summed E-state index contributed by atoms with van der Waals surface area (Å²) in [6.45, 7) is 2.49. The van der Waals surface area contributed by atoms with Gasteiger partial charge in [-0.25, -0.2) is 0 Å². The summed E-state index contributed by atoms with van der Waals surface area (Å²) in [5, 5.41) is 85.5. The molecule has 0 bridgehead atoms. The standard InChI is InChI=1S/C37H65NO13/c1-3-5-7-8-9-10-11-12-13-14-15-16-17-19-20-26(41)25(38-29(42)21-18-6-4-2)24-48-36-34(47)32(45)35(28(23-40)50-36)51-37-33(46)31(44)30(43)27(22-39)49-37/h10-11,14-15,19-20,25-28,30-37,39-41,43-47H,3-9,12-13,16-18,21-24H2,1-2H3,(H,38,42)/b11-10+,15-14+,20-19+. The second-order valence-corrected chi connectivity index (χ2v) is 13.3. The van der Waals surface area contributed by atoms with E-state index in [0.717, 1.165) is 38.5 Å². The number of ether oxygens (including phenoxy) is 4. The van der Waals surface area contributed by atoms with Gasteiger partial charge in [-0.05, 0) is 44.9 Å². The molecule has 9 N–H and O–H groups in total. The predicted octanol–water partition coefficient (Wildman–Crippen LogP) is 1.25. The lowest BCUT2D eigenvalue weighted by Crippen LogP contribution is -2.65. The van der Waals surface area contributed by atoms with E-state index in [1.165, 1.54) is 25.7 Å². The Hall–Kier alpha value is -1.79. The highest BCUT2D eigenvalue weighted by Gasteiger charge is 2.50. The molecule has 12 atom stereocenters. The summed E-state index contributed by atoms with van der Waals surface area (Å²) in [5.41, 5.74) is 0. The first-order chi connectivity index (χ1) is 24.6. The molecular weight excluding hydrogens is 666 g/mol. The van der Waals surface area contributed by atoms with Crippen molar-refractivity contribution < 1.29 is 64.6 Å². The molecule has 0 aliphatic carbocycles. The summed E-state index contributed by atoms with van der Waals surface area (Å²) in [6.07, 6.45) is 7.39. The van der Waals surface area contributed by atoms with Crippen LogP contribution in [0.3, 0.4) is 0 Å². The molecule has 0 radical (unpaired) electrons. The van der Waals surface area contributed by atoms with Gasteiger partial charge in [-0.15, -0.1) is 0 Å². The van der Waals surface area contributed by atoms with E-state index in [1.807, 2.05) is 13.0 Å². The van der Waals surface area contributed by atoms with Crippen LogP contribution < -0.4 is 5.32 Å². The summed E-state index contributed by atoms with van der Waals surface area (Å²) < 4.78 is 22.3. The van der Waals surface area contributed by atoms with Gasteiger partial charge in [0.1, 0.15) is 48.8 Å². The van der Waals surface area contributed by atoms with Crippen molar-refractivity contribution in [2.45, 2.75) is 171 Å². The van der Waals surface area contributed by atoms with Gasteiger partial charge in [0.15, 0.2) is 12.6 Å². The van der Waals surface area contributed by atoms with Crippen LogP contribution in [0.15, 0.2) is 36.5 Å². The van der Waals surface area contributed by atoms with Crippen molar-refractivity contribution in [2.75, 3.05) is 19.8 Å². The summed E-state index contributed by atoms with van der Waals surface area (Å²) in [6, 6.07) is -0.928. The fourth-order valence-electron chi connectivity index (χ4n) is 5.85. The molecule has 0 spiro atoms. The molecule has 14 nitrogen and oxygen atoms in total. The van der Waals surface area contributed by atoms with Gasteiger partial charge in [0.25, 0.3) is 0 Å². The number of rotatable bonds is 25. The topological polar surface area (TPSA) is 228 Å². The number of nitrogens with one attached hydrogen (secondary N) is 1. The number of hydrogen-bond acceptors (Lipinski definition) is 13. The number of allylic oxidation sites excluding steroid dienone is 5. The average molecular weight is 732 g/mol. The Bertz CT molecular complexity index is 1010. The van der Waals surface area contributed by atoms with Crippen molar-refractivity contribution in [2.24, 2.45) is 0 Å². The summed E-state index contributed by atoms with van der Waals surface area (Å²) in [4.78, 5) is 12.7. The highest BCUT2D eigenvalue weighted by atomic mass is 16.7. The molecule has 2 aliphatic rings. The van der Waals surface area contributed by atoms with Crippen LogP contribution in [-0.4, -0.2) is 140 Å². The van der Waals surface area contributed by atoms with Crippen LogP contribution in [0.5, 0.6) is 0 Å². The molecule has 2 rings (SSSR count). The molecule has 0 aromatic rings. The Morgan fingerprint density at radius 1 is 0.686 bits per heavy atom. The lowest BCUT2D eigenvalue weighted by Gasteiger charge is -2.46. The molecule has 2 aliphatic heterocycles. The molecular formula is C37H65NO13. The zero-order valence-electron chi connectivity index (χ0n) is 30.3. The molecule has 0 saturated carbocycles. The smallest absolute Gasteiger partial charge is 0.220 e. The van der Waals surface area contributed by atoms with Crippen LogP contribution in [-0.2, 0) is 23.7 Å². The maximum Gasteiger partial charge on any atom is 0.220 e. The fourth-order valence-corrected chi connectivity index (χ4v) is 5.85. The molecule has 0 aromatic carbocycles. The van der Waals surface area contributed by atoms with Gasteiger partial charge in [-0.2, -0.15) is 0 Å². The van der Waals surface area contributed by atoms with Crippen molar-refractivity contribution in [3.8, 4) is 0 Å². The molecule has 51 heavy (non-hydrogen) atoms. The minimum absolute atomic E-state index is 0.254. The number of hydrogen-bond donors (Lipinski definition) is 9. The number of aliphatic hydroxyl groups excluding tert-OH is 8. The van der Waals surface area contributed by atoms with Gasteiger partial charge in [0, 0.05) is 6.42 Å². The van der Waals surface area contributed by atoms with Gasteiger partial charge in [-0.1, -0.05) is 82.4 Å². The van der Waals surface area contributed by atoms with Crippen LogP contribution >= 0.6 is 0 Å². The summed E-state index contributed by atoms with van der Waals surface area (Å²) in [5.74, 6) is -0.284. The van der Waals surface area contributed by atoms with E-state index in [2.05, 4.69) is 36.5 Å². The quantitative estimate of drug-likeness (QED) is 0.0477. The molecule has 14 heteroatoms. The Morgan fingerprint density at radius 3 is 1.88 bits per heavy atom. The number of amides is 1. The predicted molar refractivity (Wildman–Crippen MR) is 189 cm³/mol. The number of carbonyl (C=O) groups excluding carboxylic acids is 1. The minimum Gasteiger partial charge on any atom is -0.394 e. The Balaban J connectivity index is 1.94. The highest BCUT2D eigenvalue weighted by molar-refractivity contribution is 5.76. The lowest BCUT2D eigenvalue weighted by atomic mass is 9.97. The van der Waals surface area contributed by atoms with Crippen molar-refractivity contribution in [3.63, 3.8) is 0 Å². The van der Waals surface area contributed by atoms with Crippen molar-refractivity contribution >= 4 is 5.91 Å². The van der Waals surface area contributed by atoms with Gasteiger partial charge < -0.3 is 65.1 Å². The Morgan fingerprint density at radius 2 is 1.25 bits per heavy atom. The monoisotopic (exact) mass is 731 g/mol. The van der Waals surface area contributed by atoms with Crippen LogP contribution in [0, 0.1) is 0 Å². The van der Waals surface area contributed by atoms with Crippen molar-refractivity contribution in [1.82, 2.24) is 5.32 Å². The van der Waals surface area contributed by atoms with E-state index in [9.17, 15) is 45.6 Å². The summed E-state index contributed by atoms with van der Waals surface area (Å²) in [7, 11) is 0. The fraction of sp³-hybridized carbons (Fsp3) is 0.811. The maximum atomic E-state index is 12.7. The summed E-state index contributed by atoms with van der Waals surface area (Å²) >= 11 is 0. The van der Waals surface area contributed by atoms with Crippen LogP contribution in [0.4, 0.5) is 0 Å². The largest absolute Gasteiger partial charge is 0.394 e. The van der Waals surface area contributed by atoms with Gasteiger partial charge in [-0.3, -0.25) is 4.79 Å². The second-order valence-electron chi connectivity index (χ2n) is 13.3. The number of carbonyl (C=O) groups is 1. The molecule has 296 valence electrons. The third-order valence-electron chi connectivity index (χ3n) is 9.06. The van der Waals surface area contributed by atoms with Crippen molar-refractivity contribution in [3.05, 3.63) is 36.5 Å². The molecule has 12 unspecified atom stereocenters. The van der Waals surface area contributed by atoms with Gasteiger partial charge in [0.2, 0.25) is 5.91 Å². The average Bonchev–Trinajstić information content (AvgIpc) is 3.12. The zero-order chi connectivity index (χ0) is 37.6. The van der Waals surface area contributed by atoms with Crippen molar-refractivity contribution in [1.29, 1.82) is 0 Å². The third kappa shape index (κ3) is 16.0. The lowest BCUT2D eigenvalue weighted by molar-refractivity contribution is -0.359. The second kappa shape index (κ2) is 26.1. The van der Waals surface area contributed by atoms with E-state index >= 15 is 0 Å². The first kappa shape index (κ1) is 45.4. The van der Waals surface area contributed by atoms with Crippen LogP contribution in [0.1, 0.15) is 97.3 Å². The number of unbranched alkanes of at least 4 members (excludes halogenated alkanes) is 8. The molecule has 2 heterocycles. The number of aliphatic hydroxyl groups is 8. The SMILES string of the molecule is CCCCCC/C=C/CC/C=C/CC/C=C/C(O)C(COC1OC(CO)C(OC2OC(CO)C(O)C(O)C2O)C(O)C1O)NC(=O)CCCCC. The Kier molecular flexibility index (Phi) is 23.2. The molecule has 2 saturated heterocycles.